The Morgan fingerprint density at radius 2 is 0.906 bits per heavy atom. The number of hydrogen-bond acceptors (Lipinski definition) is 5. The molecule has 2 aliphatic heterocycles. The number of hydrogen-bond donors (Lipinski definition) is 0. The van der Waals surface area contributed by atoms with E-state index in [4.69, 9.17) is 18.3 Å². The molecule has 7 aromatic carbocycles. The molecule has 1 atom stereocenters. The van der Waals surface area contributed by atoms with E-state index in [0.717, 1.165) is 111 Å². The van der Waals surface area contributed by atoms with Crippen molar-refractivity contribution in [3.8, 4) is 45.3 Å². The zero-order valence-corrected chi connectivity index (χ0v) is 28.2. The molecule has 3 aromatic heterocycles. The zero-order chi connectivity index (χ0) is 34.7. The molecule has 12 rings (SSSR count). The van der Waals surface area contributed by atoms with Crippen molar-refractivity contribution in [3.63, 3.8) is 0 Å². The summed E-state index contributed by atoms with van der Waals surface area (Å²) < 4.78 is 26.2. The highest BCUT2D eigenvalue weighted by Crippen LogP contribution is 2.62. The number of fused-ring (bicyclic) bond motifs is 14. The van der Waals surface area contributed by atoms with Crippen molar-refractivity contribution < 1.29 is 18.3 Å². The predicted molar refractivity (Wildman–Crippen MR) is 208 cm³/mol. The Kier molecular flexibility index (Phi) is 5.64. The van der Waals surface area contributed by atoms with Crippen LogP contribution < -0.4 is 9.47 Å². The third-order valence-corrected chi connectivity index (χ3v) is 11.1. The minimum absolute atomic E-state index is 0.709. The van der Waals surface area contributed by atoms with E-state index in [-0.39, 0.29) is 0 Å². The van der Waals surface area contributed by atoms with Crippen LogP contribution in [0.1, 0.15) is 22.3 Å². The summed E-state index contributed by atoms with van der Waals surface area (Å²) in [5, 5.41) is 4.29. The molecule has 5 heteroatoms. The normalized spacial score (nSPS) is 15.5. The first-order valence-electron chi connectivity index (χ1n) is 17.8. The lowest BCUT2D eigenvalue weighted by molar-refractivity contribution is 0.399. The van der Waals surface area contributed by atoms with Crippen molar-refractivity contribution in [2.24, 2.45) is 0 Å². The first-order chi connectivity index (χ1) is 26.3. The van der Waals surface area contributed by atoms with Crippen LogP contribution in [0, 0.1) is 0 Å². The van der Waals surface area contributed by atoms with Crippen LogP contribution in [0.15, 0.2) is 173 Å². The number of pyridine rings is 1. The minimum atomic E-state index is -0.709. The summed E-state index contributed by atoms with van der Waals surface area (Å²) in [7, 11) is 0. The lowest BCUT2D eigenvalue weighted by atomic mass is 9.62. The molecule has 0 saturated carbocycles. The van der Waals surface area contributed by atoms with Crippen molar-refractivity contribution >= 4 is 43.9 Å². The maximum absolute atomic E-state index is 6.87. The van der Waals surface area contributed by atoms with Gasteiger partial charge in [-0.3, -0.25) is 4.98 Å². The monoisotopic (exact) mass is 681 g/mol. The molecule has 5 nitrogen and oxygen atoms in total. The van der Waals surface area contributed by atoms with Gasteiger partial charge in [0.1, 0.15) is 39.7 Å². The van der Waals surface area contributed by atoms with Gasteiger partial charge in [0.2, 0.25) is 0 Å². The molecule has 53 heavy (non-hydrogen) atoms. The lowest BCUT2D eigenvalue weighted by Gasteiger charge is -2.45. The maximum Gasteiger partial charge on any atom is 0.153 e. The van der Waals surface area contributed by atoms with Gasteiger partial charge in [0.15, 0.2) is 5.58 Å². The van der Waals surface area contributed by atoms with Gasteiger partial charge in [0.25, 0.3) is 0 Å². The number of furan rings is 2. The van der Waals surface area contributed by atoms with Crippen molar-refractivity contribution in [2.45, 2.75) is 5.41 Å². The van der Waals surface area contributed by atoms with Crippen molar-refractivity contribution in [3.05, 3.63) is 186 Å². The SMILES string of the molecule is c1ccc2c(c1)Oc1cc(-c3cccc4oc5ccccc5c34)ccc1C21c2ccccc2Oc2cc(-c3cccc4oc5cnccc5c34)ccc21. The fraction of sp³-hybridized carbons (Fsp3) is 0.0208. The van der Waals surface area contributed by atoms with Gasteiger partial charge in [-0.1, -0.05) is 103 Å². The van der Waals surface area contributed by atoms with E-state index in [1.54, 1.807) is 6.20 Å². The molecular formula is C48H27NO4. The summed E-state index contributed by atoms with van der Waals surface area (Å²) in [5.74, 6) is 3.24. The molecular weight excluding hydrogens is 655 g/mol. The fourth-order valence-electron chi connectivity index (χ4n) is 8.94. The molecule has 0 aliphatic carbocycles. The molecule has 1 unspecified atom stereocenters. The van der Waals surface area contributed by atoms with E-state index in [2.05, 4.69) is 108 Å². The summed E-state index contributed by atoms with van der Waals surface area (Å²) in [6.45, 7) is 0. The van der Waals surface area contributed by atoms with Crippen LogP contribution in [0.25, 0.3) is 66.1 Å². The molecule has 0 radical (unpaired) electrons. The summed E-state index contributed by atoms with van der Waals surface area (Å²) in [5.41, 5.74) is 11.2. The van der Waals surface area contributed by atoms with Gasteiger partial charge in [-0.15, -0.1) is 0 Å². The van der Waals surface area contributed by atoms with E-state index in [1.807, 2.05) is 54.7 Å². The van der Waals surface area contributed by atoms with Crippen LogP contribution in [-0.2, 0) is 5.41 Å². The van der Waals surface area contributed by atoms with Gasteiger partial charge >= 0.3 is 0 Å². The molecule has 0 fully saturated rings. The Hall–Kier alpha value is -7.11. The van der Waals surface area contributed by atoms with Gasteiger partial charge in [0.05, 0.1) is 11.6 Å². The molecule has 1 spiro atoms. The van der Waals surface area contributed by atoms with Gasteiger partial charge < -0.3 is 18.3 Å². The Morgan fingerprint density at radius 3 is 1.55 bits per heavy atom. The summed E-state index contributed by atoms with van der Waals surface area (Å²) in [4.78, 5) is 4.29. The Bertz CT molecular complexity index is 2940. The van der Waals surface area contributed by atoms with Crippen LogP contribution in [0.3, 0.4) is 0 Å². The highest BCUT2D eigenvalue weighted by atomic mass is 16.5. The molecule has 2 aliphatic rings. The Labute approximate surface area is 303 Å². The Balaban J connectivity index is 1.11. The first kappa shape index (κ1) is 28.6. The van der Waals surface area contributed by atoms with Crippen molar-refractivity contribution in [2.75, 3.05) is 0 Å². The van der Waals surface area contributed by atoms with Gasteiger partial charge in [-0.05, 0) is 70.8 Å². The maximum atomic E-state index is 6.87. The highest BCUT2D eigenvalue weighted by molar-refractivity contribution is 6.13. The fourth-order valence-corrected chi connectivity index (χ4v) is 8.94. The van der Waals surface area contributed by atoms with E-state index in [1.165, 1.54) is 0 Å². The molecule has 0 amide bonds. The highest BCUT2D eigenvalue weighted by Gasteiger charge is 2.50. The second kappa shape index (κ2) is 10.5. The van der Waals surface area contributed by atoms with E-state index < -0.39 is 5.41 Å². The summed E-state index contributed by atoms with van der Waals surface area (Å²) in [6, 6.07) is 52.8. The van der Waals surface area contributed by atoms with Crippen LogP contribution in [0.2, 0.25) is 0 Å². The number of benzene rings is 7. The topological polar surface area (TPSA) is 57.6 Å². The second-order valence-electron chi connectivity index (χ2n) is 13.8. The number of para-hydroxylation sites is 3. The minimum Gasteiger partial charge on any atom is -0.457 e. The molecule has 5 heterocycles. The van der Waals surface area contributed by atoms with Crippen molar-refractivity contribution in [1.29, 1.82) is 0 Å². The number of ether oxygens (including phenoxy) is 2. The Morgan fingerprint density at radius 1 is 0.396 bits per heavy atom. The molecule has 0 N–H and O–H groups in total. The largest absolute Gasteiger partial charge is 0.457 e. The van der Waals surface area contributed by atoms with Gasteiger partial charge in [-0.2, -0.15) is 0 Å². The third-order valence-electron chi connectivity index (χ3n) is 11.1. The number of nitrogens with zero attached hydrogens (tertiary/aromatic N) is 1. The second-order valence-corrected chi connectivity index (χ2v) is 13.8. The standard InChI is InChI=1S/C48H27NO4/c1-4-14-38-32(9-1)46-30(10-7-17-41(46)50-38)28-19-21-36-43(25-28)51-39-15-5-2-12-34(39)48(36)35-13-3-6-16-40(35)52-44-26-29(20-22-37(44)48)31-11-8-18-42-47(31)33-23-24-49-27-45(33)53-42/h1-27H. The van der Waals surface area contributed by atoms with E-state index in [0.29, 0.717) is 0 Å². The average molecular weight is 682 g/mol. The van der Waals surface area contributed by atoms with E-state index in [9.17, 15) is 0 Å². The lowest BCUT2D eigenvalue weighted by Crippen LogP contribution is -2.36. The molecule has 10 aromatic rings. The van der Waals surface area contributed by atoms with E-state index >= 15 is 0 Å². The van der Waals surface area contributed by atoms with Crippen molar-refractivity contribution in [1.82, 2.24) is 4.98 Å². The first-order valence-corrected chi connectivity index (χ1v) is 17.8. The number of rotatable bonds is 2. The smallest absolute Gasteiger partial charge is 0.153 e. The summed E-state index contributed by atoms with van der Waals surface area (Å²) >= 11 is 0. The predicted octanol–water partition coefficient (Wildman–Crippen LogP) is 12.8. The van der Waals surface area contributed by atoms with Crippen LogP contribution in [0.4, 0.5) is 0 Å². The van der Waals surface area contributed by atoms with Crippen LogP contribution in [-0.4, -0.2) is 4.98 Å². The quantitative estimate of drug-likeness (QED) is 0.182. The summed E-state index contributed by atoms with van der Waals surface area (Å²) in [6.07, 6.45) is 3.59. The van der Waals surface area contributed by atoms with Gasteiger partial charge in [0, 0.05) is 50.0 Å². The molecule has 248 valence electrons. The zero-order valence-electron chi connectivity index (χ0n) is 28.2. The average Bonchev–Trinajstić information content (AvgIpc) is 3.79. The molecule has 0 bridgehead atoms. The van der Waals surface area contributed by atoms with Crippen LogP contribution in [0.5, 0.6) is 23.0 Å². The van der Waals surface area contributed by atoms with Crippen LogP contribution >= 0.6 is 0 Å². The number of aromatic nitrogens is 1. The molecule has 0 saturated heterocycles. The van der Waals surface area contributed by atoms with Gasteiger partial charge in [-0.25, -0.2) is 0 Å². The third kappa shape index (κ3) is 3.83.